The molecule has 0 spiro atoms. The molecule has 0 bridgehead atoms. The Morgan fingerprint density at radius 2 is 2.08 bits per heavy atom. The molecule has 5 nitrogen and oxygen atoms in total. The first-order valence-electron chi connectivity index (χ1n) is 8.44. The number of pyridine rings is 1. The van der Waals surface area contributed by atoms with Gasteiger partial charge >= 0.3 is 0 Å². The van der Waals surface area contributed by atoms with Crippen LogP contribution in [0.5, 0.6) is 0 Å². The van der Waals surface area contributed by atoms with E-state index in [1.807, 2.05) is 23.6 Å². The molecule has 0 aliphatic heterocycles. The van der Waals surface area contributed by atoms with Crippen molar-refractivity contribution in [1.82, 2.24) is 14.5 Å². The van der Waals surface area contributed by atoms with Crippen molar-refractivity contribution in [3.63, 3.8) is 0 Å². The average Bonchev–Trinajstić information content (AvgIpc) is 2.73. The number of carbonyl (C=O) groups is 1. The fourth-order valence-corrected chi connectivity index (χ4v) is 3.51. The Balaban J connectivity index is 1.56. The lowest BCUT2D eigenvalue weighted by Crippen LogP contribution is -2.37. The molecular formula is C17H20F2N4O. The summed E-state index contributed by atoms with van der Waals surface area (Å²) in [6.07, 6.45) is 2.97. The lowest BCUT2D eigenvalue weighted by molar-refractivity contribution is -0.129. The van der Waals surface area contributed by atoms with E-state index in [1.165, 1.54) is 0 Å². The summed E-state index contributed by atoms with van der Waals surface area (Å²) in [5.74, 6) is -2.58. The number of nitrogens with one attached hydrogen (secondary N) is 1. The summed E-state index contributed by atoms with van der Waals surface area (Å²) in [5, 5.41) is 2.82. The van der Waals surface area contributed by atoms with Gasteiger partial charge in [0.25, 0.3) is 0 Å². The molecule has 1 N–H and O–H groups in total. The number of imidazole rings is 1. The quantitative estimate of drug-likeness (QED) is 0.924. The molecule has 1 amide bonds. The zero-order chi connectivity index (χ0) is 16.9. The van der Waals surface area contributed by atoms with Gasteiger partial charge in [0.1, 0.15) is 5.52 Å². The number of anilines is 1. The summed E-state index contributed by atoms with van der Waals surface area (Å²) >= 11 is 0. The number of amides is 1. The molecule has 2 aliphatic carbocycles. The first-order valence-corrected chi connectivity index (χ1v) is 8.44. The van der Waals surface area contributed by atoms with Gasteiger partial charge in [0.15, 0.2) is 5.65 Å². The maximum atomic E-state index is 12.9. The van der Waals surface area contributed by atoms with Crippen LogP contribution in [-0.2, 0) is 4.79 Å². The minimum absolute atomic E-state index is 0.121. The number of aryl methyl sites for hydroxylation is 1. The molecule has 0 unspecified atom stereocenters. The maximum Gasteiger partial charge on any atom is 0.248 e. The number of carbonyl (C=O) groups excluding carboxylic acids is 1. The normalized spacial score (nSPS) is 20.6. The molecule has 24 heavy (non-hydrogen) atoms. The Morgan fingerprint density at radius 3 is 2.71 bits per heavy atom. The van der Waals surface area contributed by atoms with Crippen molar-refractivity contribution in [2.75, 3.05) is 5.32 Å². The van der Waals surface area contributed by atoms with Crippen molar-refractivity contribution < 1.29 is 13.6 Å². The highest BCUT2D eigenvalue weighted by Crippen LogP contribution is 2.44. The minimum Gasteiger partial charge on any atom is -0.296 e. The van der Waals surface area contributed by atoms with Crippen molar-refractivity contribution >= 4 is 23.0 Å². The summed E-state index contributed by atoms with van der Waals surface area (Å²) in [4.78, 5) is 21.3. The van der Waals surface area contributed by atoms with E-state index in [0.717, 1.165) is 36.1 Å². The van der Waals surface area contributed by atoms with Gasteiger partial charge in [0.2, 0.25) is 17.8 Å². The molecule has 2 fully saturated rings. The Hall–Kier alpha value is -2.05. The summed E-state index contributed by atoms with van der Waals surface area (Å²) in [6, 6.07) is 4.09. The molecule has 0 radical (unpaired) electrons. The third-order valence-corrected chi connectivity index (χ3v) is 5.02. The predicted molar refractivity (Wildman–Crippen MR) is 86.1 cm³/mol. The topological polar surface area (TPSA) is 59.8 Å². The van der Waals surface area contributed by atoms with E-state index in [4.69, 9.17) is 0 Å². The van der Waals surface area contributed by atoms with Crippen molar-refractivity contribution in [2.24, 2.45) is 5.92 Å². The number of aromatic nitrogens is 3. The van der Waals surface area contributed by atoms with Crippen LogP contribution in [0, 0.1) is 12.8 Å². The fraction of sp³-hybridized carbons (Fsp3) is 0.588. The molecule has 0 aromatic carbocycles. The number of fused-ring (bicyclic) bond motifs is 1. The van der Waals surface area contributed by atoms with Crippen LogP contribution in [0.25, 0.3) is 11.2 Å². The van der Waals surface area contributed by atoms with Crippen LogP contribution in [-0.4, -0.2) is 26.4 Å². The van der Waals surface area contributed by atoms with Crippen molar-refractivity contribution in [3.05, 3.63) is 17.8 Å². The zero-order valence-electron chi connectivity index (χ0n) is 13.6. The van der Waals surface area contributed by atoms with Crippen LogP contribution < -0.4 is 5.32 Å². The summed E-state index contributed by atoms with van der Waals surface area (Å²) in [6.45, 7) is 1.92. The third-order valence-electron chi connectivity index (χ3n) is 5.02. The molecule has 0 atom stereocenters. The van der Waals surface area contributed by atoms with Crippen molar-refractivity contribution in [3.8, 4) is 0 Å². The smallest absolute Gasteiger partial charge is 0.248 e. The molecule has 128 valence electrons. The Labute approximate surface area is 138 Å². The van der Waals surface area contributed by atoms with Crippen LogP contribution in [0.3, 0.4) is 0 Å². The van der Waals surface area contributed by atoms with E-state index in [-0.39, 0.29) is 31.1 Å². The summed E-state index contributed by atoms with van der Waals surface area (Å²) < 4.78 is 27.8. The monoisotopic (exact) mass is 334 g/mol. The molecule has 4 rings (SSSR count). The SMILES string of the molecule is Cc1ccc2nc(NC(=O)CC3CC(F)(F)C3)n(C3CCC3)c2n1. The molecule has 2 aliphatic rings. The van der Waals surface area contributed by atoms with E-state index >= 15 is 0 Å². The van der Waals surface area contributed by atoms with Gasteiger partial charge in [-0.15, -0.1) is 0 Å². The number of halogens is 2. The zero-order valence-corrected chi connectivity index (χ0v) is 13.6. The van der Waals surface area contributed by atoms with Crippen LogP contribution in [0.15, 0.2) is 12.1 Å². The van der Waals surface area contributed by atoms with E-state index in [9.17, 15) is 13.6 Å². The van der Waals surface area contributed by atoms with Gasteiger partial charge in [-0.05, 0) is 44.2 Å². The van der Waals surface area contributed by atoms with Gasteiger partial charge in [0, 0.05) is 31.0 Å². The fourth-order valence-electron chi connectivity index (χ4n) is 3.51. The van der Waals surface area contributed by atoms with Crippen LogP contribution >= 0.6 is 0 Å². The van der Waals surface area contributed by atoms with Crippen molar-refractivity contribution in [2.45, 2.75) is 57.4 Å². The van der Waals surface area contributed by atoms with Gasteiger partial charge in [-0.25, -0.2) is 18.7 Å². The van der Waals surface area contributed by atoms with Crippen LogP contribution in [0.1, 0.15) is 50.3 Å². The molecule has 2 aromatic heterocycles. The minimum atomic E-state index is -2.59. The van der Waals surface area contributed by atoms with Gasteiger partial charge in [-0.3, -0.25) is 14.7 Å². The molecule has 2 heterocycles. The largest absolute Gasteiger partial charge is 0.296 e. The van der Waals surface area contributed by atoms with E-state index in [2.05, 4.69) is 15.3 Å². The van der Waals surface area contributed by atoms with Gasteiger partial charge in [-0.2, -0.15) is 0 Å². The van der Waals surface area contributed by atoms with Crippen LogP contribution in [0.4, 0.5) is 14.7 Å². The molecule has 7 heteroatoms. The van der Waals surface area contributed by atoms with Crippen molar-refractivity contribution in [1.29, 1.82) is 0 Å². The second-order valence-corrected chi connectivity index (χ2v) is 7.07. The number of rotatable bonds is 4. The molecule has 0 saturated heterocycles. The number of alkyl halides is 2. The summed E-state index contributed by atoms with van der Waals surface area (Å²) in [5.41, 5.74) is 2.43. The average molecular weight is 334 g/mol. The molecule has 2 aromatic rings. The van der Waals surface area contributed by atoms with E-state index in [1.54, 1.807) is 0 Å². The Bertz CT molecular complexity index is 789. The van der Waals surface area contributed by atoms with Gasteiger partial charge in [-0.1, -0.05) is 0 Å². The number of nitrogens with zero attached hydrogens (tertiary/aromatic N) is 3. The first-order chi connectivity index (χ1) is 11.4. The Morgan fingerprint density at radius 1 is 1.33 bits per heavy atom. The Kier molecular flexibility index (Phi) is 3.54. The number of hydrogen-bond donors (Lipinski definition) is 1. The molecular weight excluding hydrogens is 314 g/mol. The third kappa shape index (κ3) is 2.76. The second-order valence-electron chi connectivity index (χ2n) is 7.07. The highest BCUT2D eigenvalue weighted by atomic mass is 19.3. The van der Waals surface area contributed by atoms with Gasteiger partial charge in [0.05, 0.1) is 0 Å². The van der Waals surface area contributed by atoms with E-state index < -0.39 is 5.92 Å². The standard InChI is InChI=1S/C17H20F2N4O/c1-10-5-6-13-15(20-10)23(12-3-2-4-12)16(21-13)22-14(24)7-11-8-17(18,19)9-11/h5-6,11-12H,2-4,7-9H2,1H3,(H,21,22,24). The van der Waals surface area contributed by atoms with Crippen LogP contribution in [0.2, 0.25) is 0 Å². The lowest BCUT2D eigenvalue weighted by Gasteiger charge is -2.34. The second kappa shape index (κ2) is 5.50. The van der Waals surface area contributed by atoms with Gasteiger partial charge < -0.3 is 0 Å². The maximum absolute atomic E-state index is 12.9. The van der Waals surface area contributed by atoms with E-state index in [0.29, 0.717) is 12.0 Å². The number of hydrogen-bond acceptors (Lipinski definition) is 3. The summed E-state index contributed by atoms with van der Waals surface area (Å²) in [7, 11) is 0. The predicted octanol–water partition coefficient (Wildman–Crippen LogP) is 3.84. The highest BCUT2D eigenvalue weighted by molar-refractivity contribution is 5.91. The lowest BCUT2D eigenvalue weighted by atomic mass is 9.79. The highest BCUT2D eigenvalue weighted by Gasteiger charge is 2.45. The first kappa shape index (κ1) is 15.5. The molecule has 2 saturated carbocycles.